The number of rotatable bonds is 3. The minimum Gasteiger partial charge on any atom is -0.329 e. The molecular weight excluding hydrogens is 236 g/mol. The lowest BCUT2D eigenvalue weighted by atomic mass is 9.79. The molecule has 17 heavy (non-hydrogen) atoms. The molecule has 5 nitrogen and oxygen atoms in total. The molecule has 1 saturated carbocycles. The summed E-state index contributed by atoms with van der Waals surface area (Å²) in [6, 6.07) is 0. The van der Waals surface area contributed by atoms with Gasteiger partial charge in [0.2, 0.25) is 5.91 Å². The summed E-state index contributed by atoms with van der Waals surface area (Å²) in [4.78, 5) is 12.3. The third-order valence-electron chi connectivity index (χ3n) is 3.53. The zero-order chi connectivity index (χ0) is 12.1. The van der Waals surface area contributed by atoms with Gasteiger partial charge in [0, 0.05) is 18.1 Å². The van der Waals surface area contributed by atoms with Crippen LogP contribution >= 0.6 is 11.5 Å². The van der Waals surface area contributed by atoms with Gasteiger partial charge in [-0.1, -0.05) is 30.2 Å². The number of hydrogen-bond acceptors (Lipinski definition) is 5. The molecule has 0 radical (unpaired) electrons. The summed E-state index contributed by atoms with van der Waals surface area (Å²) in [6.07, 6.45) is 7.94. The largest absolute Gasteiger partial charge is 0.329 e. The Morgan fingerprint density at radius 2 is 2.12 bits per heavy atom. The fourth-order valence-corrected chi connectivity index (χ4v) is 2.81. The van der Waals surface area contributed by atoms with E-state index >= 15 is 0 Å². The molecule has 1 fully saturated rings. The first-order chi connectivity index (χ1) is 8.27. The molecule has 0 aromatic carbocycles. The van der Waals surface area contributed by atoms with E-state index in [4.69, 9.17) is 5.73 Å². The van der Waals surface area contributed by atoms with Gasteiger partial charge < -0.3 is 11.1 Å². The number of anilines is 1. The first-order valence-corrected chi connectivity index (χ1v) is 6.83. The number of carbonyl (C=O) groups is 1. The number of amides is 1. The fraction of sp³-hybridized carbons (Fsp3) is 0.727. The third-order valence-corrected chi connectivity index (χ3v) is 4.11. The highest BCUT2D eigenvalue weighted by molar-refractivity contribution is 7.10. The molecule has 2 rings (SSSR count). The summed E-state index contributed by atoms with van der Waals surface area (Å²) < 4.78 is 3.73. The molecule has 3 N–H and O–H groups in total. The van der Waals surface area contributed by atoms with Crippen LogP contribution in [0.3, 0.4) is 0 Å². The molecule has 1 aromatic heterocycles. The van der Waals surface area contributed by atoms with Crippen LogP contribution in [0.5, 0.6) is 0 Å². The number of nitrogens with one attached hydrogen (secondary N) is 1. The van der Waals surface area contributed by atoms with Crippen molar-refractivity contribution in [2.75, 3.05) is 11.9 Å². The number of hydrogen-bond donors (Lipinski definition) is 2. The van der Waals surface area contributed by atoms with Gasteiger partial charge in [-0.05, 0) is 12.8 Å². The highest BCUT2D eigenvalue weighted by Gasteiger charge is 2.37. The quantitative estimate of drug-likeness (QED) is 0.806. The van der Waals surface area contributed by atoms with Gasteiger partial charge in [-0.25, -0.2) is 0 Å². The second-order valence-corrected chi connectivity index (χ2v) is 5.42. The summed E-state index contributed by atoms with van der Waals surface area (Å²) in [5.74, 6) is 0.0351. The standard InChI is InChI=1S/C11H18N4OS/c12-8-11(5-3-1-2-4-6-11)10(16)14-9-7-13-15-17-9/h7H,1-6,8,12H2,(H,14,16). The van der Waals surface area contributed by atoms with Gasteiger partial charge in [-0.15, -0.1) is 5.10 Å². The highest BCUT2D eigenvalue weighted by Crippen LogP contribution is 2.35. The van der Waals surface area contributed by atoms with E-state index in [1.54, 1.807) is 6.20 Å². The monoisotopic (exact) mass is 254 g/mol. The summed E-state index contributed by atoms with van der Waals surface area (Å²) in [7, 11) is 0. The Balaban J connectivity index is 2.07. The number of nitrogens with two attached hydrogens (primary N) is 1. The molecule has 1 aliphatic rings. The SMILES string of the molecule is NCC1(C(=O)Nc2cnns2)CCCCCC1. The Morgan fingerprint density at radius 3 is 2.65 bits per heavy atom. The van der Waals surface area contributed by atoms with Crippen molar-refractivity contribution in [3.05, 3.63) is 6.20 Å². The smallest absolute Gasteiger partial charge is 0.232 e. The van der Waals surface area contributed by atoms with Gasteiger partial charge in [0.05, 0.1) is 11.6 Å². The highest BCUT2D eigenvalue weighted by atomic mass is 32.1. The average Bonchev–Trinajstić information content (AvgIpc) is 2.72. The average molecular weight is 254 g/mol. The van der Waals surface area contributed by atoms with Gasteiger partial charge in [-0.2, -0.15) is 0 Å². The Hall–Kier alpha value is -1.01. The zero-order valence-corrected chi connectivity index (χ0v) is 10.6. The van der Waals surface area contributed by atoms with Crippen molar-refractivity contribution in [3.8, 4) is 0 Å². The molecule has 0 spiro atoms. The van der Waals surface area contributed by atoms with E-state index in [0.717, 1.165) is 25.7 Å². The second-order valence-electron chi connectivity index (χ2n) is 4.63. The van der Waals surface area contributed by atoms with Crippen molar-refractivity contribution in [2.45, 2.75) is 38.5 Å². The molecule has 0 unspecified atom stereocenters. The molecule has 0 atom stereocenters. The first kappa shape index (κ1) is 12.4. The Morgan fingerprint density at radius 1 is 1.41 bits per heavy atom. The summed E-state index contributed by atoms with van der Waals surface area (Å²) >= 11 is 1.20. The lowest BCUT2D eigenvalue weighted by Crippen LogP contribution is -2.42. The maximum Gasteiger partial charge on any atom is 0.232 e. The Bertz CT molecular complexity index is 358. The van der Waals surface area contributed by atoms with Crippen molar-refractivity contribution in [3.63, 3.8) is 0 Å². The minimum absolute atomic E-state index is 0.0351. The molecular formula is C11H18N4OS. The van der Waals surface area contributed by atoms with Gasteiger partial charge in [0.15, 0.2) is 0 Å². The zero-order valence-electron chi connectivity index (χ0n) is 9.82. The molecule has 1 heterocycles. The van der Waals surface area contributed by atoms with Gasteiger partial charge in [-0.3, -0.25) is 4.79 Å². The molecule has 94 valence electrons. The minimum atomic E-state index is -0.388. The van der Waals surface area contributed by atoms with E-state index in [0.29, 0.717) is 11.5 Å². The Kier molecular flexibility index (Phi) is 4.06. The van der Waals surface area contributed by atoms with Crippen LogP contribution in [0.1, 0.15) is 38.5 Å². The third kappa shape index (κ3) is 2.81. The van der Waals surface area contributed by atoms with E-state index in [-0.39, 0.29) is 11.3 Å². The second kappa shape index (κ2) is 5.55. The normalized spacial score (nSPS) is 19.6. The molecule has 0 bridgehead atoms. The molecule has 0 saturated heterocycles. The van der Waals surface area contributed by atoms with E-state index in [1.807, 2.05) is 0 Å². The maximum atomic E-state index is 12.3. The van der Waals surface area contributed by atoms with Crippen molar-refractivity contribution < 1.29 is 4.79 Å². The predicted octanol–water partition coefficient (Wildman–Crippen LogP) is 1.78. The maximum absolute atomic E-state index is 12.3. The van der Waals surface area contributed by atoms with Crippen LogP contribution in [0.15, 0.2) is 6.20 Å². The van der Waals surface area contributed by atoms with Crippen molar-refractivity contribution in [1.82, 2.24) is 9.59 Å². The van der Waals surface area contributed by atoms with Crippen LogP contribution in [0.4, 0.5) is 5.00 Å². The lowest BCUT2D eigenvalue weighted by molar-refractivity contribution is -0.125. The van der Waals surface area contributed by atoms with Crippen molar-refractivity contribution in [2.24, 2.45) is 11.1 Å². The number of carbonyl (C=O) groups excluding carboxylic acids is 1. The van der Waals surface area contributed by atoms with Gasteiger partial charge in [0.25, 0.3) is 0 Å². The molecule has 6 heteroatoms. The molecule has 1 aromatic rings. The van der Waals surface area contributed by atoms with Crippen LogP contribution in [0.2, 0.25) is 0 Å². The van der Waals surface area contributed by atoms with E-state index < -0.39 is 0 Å². The van der Waals surface area contributed by atoms with Crippen LogP contribution in [0.25, 0.3) is 0 Å². The van der Waals surface area contributed by atoms with Crippen LogP contribution in [0, 0.1) is 5.41 Å². The summed E-state index contributed by atoms with van der Waals surface area (Å²) in [5, 5.41) is 7.30. The number of nitrogens with zero attached hydrogens (tertiary/aromatic N) is 2. The van der Waals surface area contributed by atoms with Crippen LogP contribution < -0.4 is 11.1 Å². The topological polar surface area (TPSA) is 80.9 Å². The van der Waals surface area contributed by atoms with Gasteiger partial charge in [0.1, 0.15) is 5.00 Å². The lowest BCUT2D eigenvalue weighted by Gasteiger charge is -2.29. The van der Waals surface area contributed by atoms with E-state index in [1.165, 1.54) is 24.4 Å². The predicted molar refractivity (Wildman–Crippen MR) is 67.7 cm³/mol. The number of aromatic nitrogens is 2. The van der Waals surface area contributed by atoms with Crippen molar-refractivity contribution in [1.29, 1.82) is 0 Å². The fourth-order valence-electron chi connectivity index (χ4n) is 2.40. The van der Waals surface area contributed by atoms with Crippen LogP contribution in [-0.2, 0) is 4.79 Å². The molecule has 0 aliphatic heterocycles. The molecule has 1 amide bonds. The van der Waals surface area contributed by atoms with Gasteiger partial charge >= 0.3 is 0 Å². The van der Waals surface area contributed by atoms with Crippen molar-refractivity contribution >= 4 is 22.4 Å². The summed E-state index contributed by atoms with van der Waals surface area (Å²) in [5.41, 5.74) is 5.46. The van der Waals surface area contributed by atoms with E-state index in [9.17, 15) is 4.79 Å². The Labute approximate surface area is 105 Å². The summed E-state index contributed by atoms with van der Waals surface area (Å²) in [6.45, 7) is 0.422. The molecule has 1 aliphatic carbocycles. The van der Waals surface area contributed by atoms with Crippen LogP contribution in [-0.4, -0.2) is 22.0 Å². The van der Waals surface area contributed by atoms with E-state index in [2.05, 4.69) is 14.9 Å². The first-order valence-electron chi connectivity index (χ1n) is 6.06.